The van der Waals surface area contributed by atoms with E-state index in [0.29, 0.717) is 6.42 Å². The number of phosphoric acid groups is 1. The van der Waals surface area contributed by atoms with Crippen LogP contribution in [0.4, 0.5) is 0 Å². The van der Waals surface area contributed by atoms with E-state index in [1.54, 1.807) is 0 Å². The van der Waals surface area contributed by atoms with Gasteiger partial charge in [-0.2, -0.15) is 0 Å². The summed E-state index contributed by atoms with van der Waals surface area (Å²) >= 11 is 0. The number of hydrogen-bond acceptors (Lipinski definition) is 8. The number of esters is 2. The lowest BCUT2D eigenvalue weighted by Gasteiger charge is -2.19. The van der Waals surface area contributed by atoms with E-state index in [0.717, 1.165) is 83.5 Å². The molecule has 0 rings (SSSR count). The first-order chi connectivity index (χ1) is 32.3. The number of nitrogens with two attached hydrogens (primary N) is 1. The summed E-state index contributed by atoms with van der Waals surface area (Å²) in [6, 6.07) is 0. The number of rotatable bonds is 48. The van der Waals surface area contributed by atoms with E-state index in [9.17, 15) is 19.0 Å². The first-order valence-corrected chi connectivity index (χ1v) is 27.7. The minimum absolute atomic E-state index is 0.0420. The topological polar surface area (TPSA) is 134 Å². The number of unbranched alkanes of at least 4 members (excludes halogenated alkanes) is 19. The van der Waals surface area contributed by atoms with Crippen LogP contribution in [-0.4, -0.2) is 49.3 Å². The molecule has 0 aromatic heterocycles. The Balaban J connectivity index is 4.16. The molecule has 0 bridgehead atoms. The van der Waals surface area contributed by atoms with Gasteiger partial charge in [0.05, 0.1) is 13.2 Å². The summed E-state index contributed by atoms with van der Waals surface area (Å²) in [6.07, 6.45) is 67.4. The van der Waals surface area contributed by atoms with Gasteiger partial charge in [-0.1, -0.05) is 220 Å². The third kappa shape index (κ3) is 50.3. The molecule has 0 aromatic rings. The van der Waals surface area contributed by atoms with Crippen LogP contribution in [0.2, 0.25) is 0 Å². The Morgan fingerprint density at radius 3 is 1.24 bits per heavy atom. The molecule has 0 aromatic carbocycles. The largest absolute Gasteiger partial charge is 0.472 e. The summed E-state index contributed by atoms with van der Waals surface area (Å²) in [4.78, 5) is 35.1. The minimum Gasteiger partial charge on any atom is -0.462 e. The van der Waals surface area contributed by atoms with Crippen molar-refractivity contribution in [2.75, 3.05) is 26.4 Å². The van der Waals surface area contributed by atoms with Gasteiger partial charge in [0.15, 0.2) is 6.10 Å². The molecule has 0 amide bonds. The van der Waals surface area contributed by atoms with Crippen LogP contribution >= 0.6 is 7.82 Å². The molecule has 0 saturated heterocycles. The zero-order valence-corrected chi connectivity index (χ0v) is 42.8. The van der Waals surface area contributed by atoms with Crippen molar-refractivity contribution in [1.82, 2.24) is 0 Å². The maximum Gasteiger partial charge on any atom is 0.472 e. The second-order valence-electron chi connectivity index (χ2n) is 17.0. The molecule has 9 nitrogen and oxygen atoms in total. The number of ether oxygens (including phenoxy) is 2. The van der Waals surface area contributed by atoms with Crippen molar-refractivity contribution in [1.29, 1.82) is 0 Å². The third-order valence-electron chi connectivity index (χ3n) is 10.7. The van der Waals surface area contributed by atoms with Crippen LogP contribution in [0.5, 0.6) is 0 Å². The van der Waals surface area contributed by atoms with Crippen molar-refractivity contribution in [2.24, 2.45) is 5.73 Å². The Bertz CT molecular complexity index is 1400. The van der Waals surface area contributed by atoms with Crippen molar-refractivity contribution in [3.8, 4) is 0 Å². The average Bonchev–Trinajstić information content (AvgIpc) is 3.31. The molecular weight excluding hydrogens is 846 g/mol. The molecule has 0 aliphatic rings. The first kappa shape index (κ1) is 62.9. The monoisotopic (exact) mass is 942 g/mol. The van der Waals surface area contributed by atoms with Gasteiger partial charge in [0, 0.05) is 19.4 Å². The average molecular weight is 942 g/mol. The molecule has 0 saturated carbocycles. The van der Waals surface area contributed by atoms with Crippen molar-refractivity contribution >= 4 is 19.8 Å². The van der Waals surface area contributed by atoms with Crippen molar-refractivity contribution in [3.05, 3.63) is 97.2 Å². The van der Waals surface area contributed by atoms with Crippen molar-refractivity contribution in [3.63, 3.8) is 0 Å². The molecule has 10 heteroatoms. The molecule has 0 spiro atoms. The fourth-order valence-corrected chi connectivity index (χ4v) is 7.65. The molecule has 0 radical (unpaired) electrons. The maximum atomic E-state index is 12.6. The molecule has 0 aliphatic heterocycles. The standard InChI is InChI=1S/C56H96NO8P/c1-3-5-7-9-11-13-15-17-19-21-23-24-25-26-27-28-29-30-31-33-35-37-39-41-43-45-47-49-56(59)65-54(53-64-66(60,61)63-51-50-57)52-62-55(58)48-46-44-42-40-38-36-34-32-22-20-18-16-14-12-10-8-6-4-2/h5,7,11,13,17,19,23-24,26-27,29-30,33,35,39,41,54H,3-4,6,8-10,12,14-16,18,20-22,25,28,31-32,34,36-38,40,42-53,57H2,1-2H3,(H,60,61)/b7-5-,13-11-,19-17-,24-23-,27-26-,30-29-,35-33-,41-39-. The second-order valence-corrected chi connectivity index (χ2v) is 18.5. The zero-order chi connectivity index (χ0) is 48.1. The van der Waals surface area contributed by atoms with Gasteiger partial charge in [0.2, 0.25) is 0 Å². The molecule has 0 heterocycles. The molecular formula is C56H96NO8P. The Morgan fingerprint density at radius 2 is 0.833 bits per heavy atom. The highest BCUT2D eigenvalue weighted by Crippen LogP contribution is 2.43. The second kappa shape index (κ2) is 51.3. The summed E-state index contributed by atoms with van der Waals surface area (Å²) in [6.45, 7) is 3.58. The molecule has 0 fully saturated rings. The Hall–Kier alpha value is -3.07. The predicted molar refractivity (Wildman–Crippen MR) is 279 cm³/mol. The van der Waals surface area contributed by atoms with E-state index in [1.165, 1.54) is 96.3 Å². The molecule has 2 atom stereocenters. The van der Waals surface area contributed by atoms with Crippen molar-refractivity contribution in [2.45, 2.75) is 219 Å². The lowest BCUT2D eigenvalue weighted by atomic mass is 10.0. The summed E-state index contributed by atoms with van der Waals surface area (Å²) in [5, 5.41) is 0. The van der Waals surface area contributed by atoms with Crippen LogP contribution in [0.1, 0.15) is 213 Å². The third-order valence-corrected chi connectivity index (χ3v) is 11.7. The van der Waals surface area contributed by atoms with E-state index in [-0.39, 0.29) is 32.6 Å². The molecule has 66 heavy (non-hydrogen) atoms. The normalized spacial score (nSPS) is 13.9. The predicted octanol–water partition coefficient (Wildman–Crippen LogP) is 16.1. The highest BCUT2D eigenvalue weighted by molar-refractivity contribution is 7.47. The summed E-state index contributed by atoms with van der Waals surface area (Å²) < 4.78 is 32.9. The zero-order valence-electron chi connectivity index (χ0n) is 41.9. The minimum atomic E-state index is -4.40. The molecule has 378 valence electrons. The maximum absolute atomic E-state index is 12.6. The fourth-order valence-electron chi connectivity index (χ4n) is 6.89. The van der Waals surface area contributed by atoms with E-state index >= 15 is 0 Å². The number of carbonyl (C=O) groups is 2. The van der Waals surface area contributed by atoms with Gasteiger partial charge < -0.3 is 20.1 Å². The molecule has 0 aliphatic carbocycles. The van der Waals surface area contributed by atoms with E-state index in [4.69, 9.17) is 24.3 Å². The van der Waals surface area contributed by atoms with Gasteiger partial charge in [0.1, 0.15) is 6.61 Å². The van der Waals surface area contributed by atoms with E-state index < -0.39 is 32.5 Å². The Kier molecular flexibility index (Phi) is 48.9. The van der Waals surface area contributed by atoms with Crippen LogP contribution in [0.3, 0.4) is 0 Å². The van der Waals surface area contributed by atoms with Gasteiger partial charge in [0.25, 0.3) is 0 Å². The molecule has 3 N–H and O–H groups in total. The van der Waals surface area contributed by atoms with Crippen LogP contribution in [-0.2, 0) is 32.7 Å². The number of phosphoric ester groups is 1. The van der Waals surface area contributed by atoms with Gasteiger partial charge >= 0.3 is 19.8 Å². The van der Waals surface area contributed by atoms with E-state index in [1.807, 2.05) is 0 Å². The number of hydrogen-bond donors (Lipinski definition) is 2. The van der Waals surface area contributed by atoms with E-state index in [2.05, 4.69) is 111 Å². The summed E-state index contributed by atoms with van der Waals surface area (Å²) in [7, 11) is -4.40. The highest BCUT2D eigenvalue weighted by Gasteiger charge is 2.26. The van der Waals surface area contributed by atoms with Gasteiger partial charge in [-0.15, -0.1) is 0 Å². The summed E-state index contributed by atoms with van der Waals surface area (Å²) in [5.41, 5.74) is 5.37. The van der Waals surface area contributed by atoms with Crippen LogP contribution < -0.4 is 5.73 Å². The molecule has 2 unspecified atom stereocenters. The lowest BCUT2D eigenvalue weighted by molar-refractivity contribution is -0.161. The number of carbonyl (C=O) groups excluding carboxylic acids is 2. The van der Waals surface area contributed by atoms with Crippen molar-refractivity contribution < 1.29 is 37.6 Å². The van der Waals surface area contributed by atoms with Crippen LogP contribution in [0.25, 0.3) is 0 Å². The smallest absolute Gasteiger partial charge is 0.462 e. The number of allylic oxidation sites excluding steroid dienone is 16. The highest BCUT2D eigenvalue weighted by atomic mass is 31.2. The fraction of sp³-hybridized carbons (Fsp3) is 0.679. The Morgan fingerprint density at radius 1 is 0.470 bits per heavy atom. The van der Waals surface area contributed by atoms with Gasteiger partial charge in [-0.25, -0.2) is 4.57 Å². The quantitative estimate of drug-likeness (QED) is 0.0265. The summed E-state index contributed by atoms with van der Waals surface area (Å²) in [5.74, 6) is -0.880. The van der Waals surface area contributed by atoms with Gasteiger partial charge in [-0.3, -0.25) is 18.6 Å². The Labute approximate surface area is 404 Å². The van der Waals surface area contributed by atoms with Crippen LogP contribution in [0, 0.1) is 0 Å². The SMILES string of the molecule is CC/C=C\C/C=C\C/C=C\C/C=C\C/C=C\C/C=C\C/C=C\C/C=C\CCCCC(=O)OC(COC(=O)CCCCCCCCCCCCCCCCCCCC)COP(=O)(O)OCCN. The lowest BCUT2D eigenvalue weighted by Crippen LogP contribution is -2.29. The van der Waals surface area contributed by atoms with Gasteiger partial charge in [-0.05, 0) is 77.0 Å². The first-order valence-electron chi connectivity index (χ1n) is 26.2. The van der Waals surface area contributed by atoms with Crippen LogP contribution in [0.15, 0.2) is 97.2 Å².